The molecule has 4 heteroatoms. The van der Waals surface area contributed by atoms with Crippen LogP contribution in [0.3, 0.4) is 0 Å². The van der Waals surface area contributed by atoms with Gasteiger partial charge in [-0.25, -0.2) is 4.39 Å². The Hall–Kier alpha value is -2.49. The Morgan fingerprint density at radius 3 is 1.95 bits per heavy atom. The maximum atomic E-state index is 14.0. The summed E-state index contributed by atoms with van der Waals surface area (Å²) in [6.45, 7) is 0. The van der Waals surface area contributed by atoms with Crippen molar-refractivity contribution >= 4 is 17.3 Å². The molecule has 2 aromatic carbocycles. The van der Waals surface area contributed by atoms with Crippen LogP contribution in [-0.4, -0.2) is 25.7 Å². The Morgan fingerprint density at radius 1 is 0.850 bits per heavy atom. The van der Waals surface area contributed by atoms with Gasteiger partial charge in [0.2, 0.25) is 0 Å². The average Bonchev–Trinajstić information content (AvgIpc) is 2.44. The van der Waals surface area contributed by atoms with Crippen molar-refractivity contribution in [1.29, 1.82) is 0 Å². The van der Waals surface area contributed by atoms with Gasteiger partial charge in [0.1, 0.15) is 5.82 Å². The molecular formula is C16H12FNO2. The topological polar surface area (TPSA) is 37.4 Å². The highest BCUT2D eigenvalue weighted by Gasteiger charge is 2.34. The second-order valence-corrected chi connectivity index (χ2v) is 4.91. The molecule has 0 fully saturated rings. The first kappa shape index (κ1) is 12.5. The third-order valence-corrected chi connectivity index (χ3v) is 3.48. The van der Waals surface area contributed by atoms with Crippen molar-refractivity contribution in [2.75, 3.05) is 19.0 Å². The molecule has 0 amide bonds. The number of hydrogen-bond acceptors (Lipinski definition) is 3. The van der Waals surface area contributed by atoms with E-state index in [-0.39, 0.29) is 22.5 Å². The maximum absolute atomic E-state index is 14.0. The lowest BCUT2D eigenvalue weighted by atomic mass is 9.83. The molecule has 1 aliphatic rings. The molecule has 0 aliphatic heterocycles. The summed E-state index contributed by atoms with van der Waals surface area (Å²) in [5, 5.41) is 0. The molecule has 20 heavy (non-hydrogen) atoms. The van der Waals surface area contributed by atoms with E-state index in [1.165, 1.54) is 12.1 Å². The van der Waals surface area contributed by atoms with Crippen molar-refractivity contribution < 1.29 is 14.0 Å². The number of hydrogen-bond donors (Lipinski definition) is 0. The first-order chi connectivity index (χ1) is 9.52. The Morgan fingerprint density at radius 2 is 1.40 bits per heavy atom. The molecule has 2 aromatic rings. The smallest absolute Gasteiger partial charge is 0.197 e. The van der Waals surface area contributed by atoms with Crippen molar-refractivity contribution in [2.24, 2.45) is 0 Å². The van der Waals surface area contributed by atoms with E-state index < -0.39 is 11.6 Å². The molecule has 3 rings (SSSR count). The Bertz CT molecular complexity index is 750. The lowest BCUT2D eigenvalue weighted by Crippen LogP contribution is -2.25. The number of rotatable bonds is 1. The van der Waals surface area contributed by atoms with Crippen LogP contribution in [0.25, 0.3) is 0 Å². The zero-order chi connectivity index (χ0) is 14.4. The van der Waals surface area contributed by atoms with Crippen molar-refractivity contribution in [3.63, 3.8) is 0 Å². The van der Waals surface area contributed by atoms with Gasteiger partial charge in [-0.15, -0.1) is 0 Å². The Balaban J connectivity index is 2.38. The summed E-state index contributed by atoms with van der Waals surface area (Å²) in [4.78, 5) is 26.7. The number of ketones is 2. The SMILES string of the molecule is CN(C)c1ccc(F)c2c1C(=O)c1ccccc1C2=O. The van der Waals surface area contributed by atoms with Crippen LogP contribution in [0.2, 0.25) is 0 Å². The van der Waals surface area contributed by atoms with E-state index >= 15 is 0 Å². The van der Waals surface area contributed by atoms with Gasteiger partial charge in [-0.05, 0) is 12.1 Å². The number of halogens is 1. The van der Waals surface area contributed by atoms with E-state index in [2.05, 4.69) is 0 Å². The number of carbonyl (C=O) groups excluding carboxylic acids is 2. The van der Waals surface area contributed by atoms with Crippen molar-refractivity contribution in [3.05, 3.63) is 64.5 Å². The van der Waals surface area contributed by atoms with Crippen LogP contribution >= 0.6 is 0 Å². The highest BCUT2D eigenvalue weighted by atomic mass is 19.1. The first-order valence-corrected chi connectivity index (χ1v) is 6.20. The molecule has 100 valence electrons. The van der Waals surface area contributed by atoms with Crippen molar-refractivity contribution in [1.82, 2.24) is 0 Å². The number of carbonyl (C=O) groups is 2. The van der Waals surface area contributed by atoms with Crippen LogP contribution < -0.4 is 4.90 Å². The summed E-state index contributed by atoms with van der Waals surface area (Å²) in [6.07, 6.45) is 0. The fraction of sp³-hybridized carbons (Fsp3) is 0.125. The third kappa shape index (κ3) is 1.58. The summed E-state index contributed by atoms with van der Waals surface area (Å²) in [5.74, 6) is -1.40. The van der Waals surface area contributed by atoms with E-state index in [1.807, 2.05) is 0 Å². The van der Waals surface area contributed by atoms with E-state index in [9.17, 15) is 14.0 Å². The highest BCUT2D eigenvalue weighted by molar-refractivity contribution is 6.30. The summed E-state index contributed by atoms with van der Waals surface area (Å²) < 4.78 is 14.0. The van der Waals surface area contributed by atoms with E-state index in [0.29, 0.717) is 11.3 Å². The lowest BCUT2D eigenvalue weighted by molar-refractivity contribution is 0.0976. The van der Waals surface area contributed by atoms with Crippen LogP contribution in [0.15, 0.2) is 36.4 Å². The van der Waals surface area contributed by atoms with Gasteiger partial charge in [-0.3, -0.25) is 9.59 Å². The molecule has 0 atom stereocenters. The quantitative estimate of drug-likeness (QED) is 0.681. The van der Waals surface area contributed by atoms with Gasteiger partial charge in [0.05, 0.1) is 11.1 Å². The fourth-order valence-corrected chi connectivity index (χ4v) is 2.54. The number of fused-ring (bicyclic) bond motifs is 2. The minimum Gasteiger partial charge on any atom is -0.377 e. The molecule has 0 spiro atoms. The molecular weight excluding hydrogens is 257 g/mol. The predicted molar refractivity (Wildman–Crippen MR) is 74.0 cm³/mol. The highest BCUT2D eigenvalue weighted by Crippen LogP contribution is 2.34. The minimum atomic E-state index is -0.654. The van der Waals surface area contributed by atoms with Crippen LogP contribution in [0.4, 0.5) is 10.1 Å². The molecule has 0 bridgehead atoms. The van der Waals surface area contributed by atoms with E-state index in [4.69, 9.17) is 0 Å². The first-order valence-electron chi connectivity index (χ1n) is 6.20. The zero-order valence-corrected chi connectivity index (χ0v) is 11.1. The molecule has 0 heterocycles. The number of nitrogens with zero attached hydrogens (tertiary/aromatic N) is 1. The molecule has 0 saturated heterocycles. The average molecular weight is 269 g/mol. The molecule has 0 N–H and O–H groups in total. The Kier molecular flexibility index (Phi) is 2.67. The van der Waals surface area contributed by atoms with Gasteiger partial charge in [0, 0.05) is 30.9 Å². The second-order valence-electron chi connectivity index (χ2n) is 4.91. The fourth-order valence-electron chi connectivity index (χ4n) is 2.54. The molecule has 0 saturated carbocycles. The van der Waals surface area contributed by atoms with Gasteiger partial charge in [-0.2, -0.15) is 0 Å². The zero-order valence-electron chi connectivity index (χ0n) is 11.1. The largest absolute Gasteiger partial charge is 0.377 e. The number of benzene rings is 2. The maximum Gasteiger partial charge on any atom is 0.197 e. The minimum absolute atomic E-state index is 0.125. The van der Waals surface area contributed by atoms with Crippen LogP contribution in [-0.2, 0) is 0 Å². The second kappa shape index (κ2) is 4.27. The van der Waals surface area contributed by atoms with Gasteiger partial charge < -0.3 is 4.90 Å². The molecule has 1 aliphatic carbocycles. The summed E-state index contributed by atoms with van der Waals surface area (Å²) in [7, 11) is 3.51. The van der Waals surface area contributed by atoms with Crippen LogP contribution in [0, 0.1) is 5.82 Å². The summed E-state index contributed by atoms with van der Waals surface area (Å²) in [5.41, 5.74) is 1.17. The Labute approximate surface area is 115 Å². The standard InChI is InChI=1S/C16H12FNO2/c1-18(2)12-8-7-11(17)13-14(12)16(20)10-6-4-3-5-9(10)15(13)19/h3-8H,1-2H3. The van der Waals surface area contributed by atoms with E-state index in [0.717, 1.165) is 0 Å². The summed E-state index contributed by atoms with van der Waals surface area (Å²) >= 11 is 0. The van der Waals surface area contributed by atoms with E-state index in [1.54, 1.807) is 43.3 Å². The predicted octanol–water partition coefficient (Wildman–Crippen LogP) is 2.67. The van der Waals surface area contributed by atoms with Crippen LogP contribution in [0.5, 0.6) is 0 Å². The molecule has 3 nitrogen and oxygen atoms in total. The van der Waals surface area contributed by atoms with Crippen molar-refractivity contribution in [2.45, 2.75) is 0 Å². The van der Waals surface area contributed by atoms with Crippen LogP contribution in [0.1, 0.15) is 31.8 Å². The normalized spacial score (nSPS) is 12.9. The van der Waals surface area contributed by atoms with Crippen molar-refractivity contribution in [3.8, 4) is 0 Å². The van der Waals surface area contributed by atoms with Gasteiger partial charge in [-0.1, -0.05) is 24.3 Å². The number of anilines is 1. The third-order valence-electron chi connectivity index (χ3n) is 3.48. The van der Waals surface area contributed by atoms with Gasteiger partial charge in [0.25, 0.3) is 0 Å². The monoisotopic (exact) mass is 269 g/mol. The van der Waals surface area contributed by atoms with Gasteiger partial charge in [0.15, 0.2) is 11.6 Å². The molecule has 0 aromatic heterocycles. The van der Waals surface area contributed by atoms with Gasteiger partial charge >= 0.3 is 0 Å². The summed E-state index contributed by atoms with van der Waals surface area (Å²) in [6, 6.07) is 9.27. The molecule has 0 unspecified atom stereocenters. The molecule has 0 radical (unpaired) electrons. The lowest BCUT2D eigenvalue weighted by Gasteiger charge is -2.23.